The van der Waals surface area contributed by atoms with Gasteiger partial charge in [0.05, 0.1) is 6.42 Å². The van der Waals surface area contributed by atoms with Gasteiger partial charge < -0.3 is 15.4 Å². The predicted molar refractivity (Wildman–Crippen MR) is 101 cm³/mol. The van der Waals surface area contributed by atoms with Gasteiger partial charge in [-0.25, -0.2) is 0 Å². The van der Waals surface area contributed by atoms with Crippen molar-refractivity contribution in [1.82, 2.24) is 10.6 Å². The molecule has 2 rings (SSSR count). The molecule has 0 bridgehead atoms. The maximum atomic E-state index is 12.1. The Hall–Kier alpha value is -2.67. The van der Waals surface area contributed by atoms with E-state index in [9.17, 15) is 14.4 Å². The molecule has 2 aromatic rings. The summed E-state index contributed by atoms with van der Waals surface area (Å²) in [5, 5.41) is 5.46. The fourth-order valence-corrected chi connectivity index (χ4v) is 2.69. The lowest BCUT2D eigenvalue weighted by atomic mass is 10.1. The molecule has 2 amide bonds. The third kappa shape index (κ3) is 6.68. The first-order valence-corrected chi connectivity index (χ1v) is 8.81. The Balaban J connectivity index is 1.74. The lowest BCUT2D eigenvalue weighted by Crippen LogP contribution is -2.35. The van der Waals surface area contributed by atoms with Crippen LogP contribution in [0, 0.1) is 0 Å². The van der Waals surface area contributed by atoms with Crippen molar-refractivity contribution in [2.75, 3.05) is 13.1 Å². The molecular formula is C19H19BrN2O4. The summed E-state index contributed by atoms with van der Waals surface area (Å²) < 4.78 is 5.87. The number of esters is 1. The molecular weight excluding hydrogens is 400 g/mol. The first-order chi connectivity index (χ1) is 12.4. The Morgan fingerprint density at radius 3 is 2.46 bits per heavy atom. The first-order valence-electron chi connectivity index (χ1n) is 8.02. The summed E-state index contributed by atoms with van der Waals surface area (Å²) in [6.07, 6.45) is 0.276. The number of rotatable bonds is 7. The molecule has 0 saturated carbocycles. The highest BCUT2D eigenvalue weighted by atomic mass is 79.9. The molecule has 0 atom stereocenters. The summed E-state index contributed by atoms with van der Waals surface area (Å²) in [6.45, 7) is 1.91. The van der Waals surface area contributed by atoms with E-state index in [1.54, 1.807) is 18.2 Å². The number of carbonyl (C=O) groups excluding carboxylic acids is 3. The van der Waals surface area contributed by atoms with Crippen LogP contribution in [0.2, 0.25) is 0 Å². The van der Waals surface area contributed by atoms with Crippen molar-refractivity contribution in [3.8, 4) is 5.75 Å². The molecule has 6 nitrogen and oxygen atoms in total. The molecule has 7 heteroatoms. The molecule has 136 valence electrons. The molecule has 0 radical (unpaired) electrons. The van der Waals surface area contributed by atoms with Gasteiger partial charge in [-0.2, -0.15) is 0 Å². The molecule has 0 spiro atoms. The van der Waals surface area contributed by atoms with Gasteiger partial charge in [0, 0.05) is 30.0 Å². The maximum absolute atomic E-state index is 12.1. The fourth-order valence-electron chi connectivity index (χ4n) is 2.24. The summed E-state index contributed by atoms with van der Waals surface area (Å²) in [7, 11) is 0. The van der Waals surface area contributed by atoms with Gasteiger partial charge in [-0.15, -0.1) is 0 Å². The van der Waals surface area contributed by atoms with Crippen LogP contribution >= 0.6 is 15.9 Å². The first kappa shape index (κ1) is 19.7. The van der Waals surface area contributed by atoms with Gasteiger partial charge in [0.15, 0.2) is 0 Å². The monoisotopic (exact) mass is 418 g/mol. The third-order valence-electron chi connectivity index (χ3n) is 3.34. The zero-order valence-corrected chi connectivity index (χ0v) is 15.8. The van der Waals surface area contributed by atoms with Crippen LogP contribution in [0.25, 0.3) is 0 Å². The maximum Gasteiger partial charge on any atom is 0.308 e. The molecule has 0 aromatic heterocycles. The number of nitrogens with one attached hydrogen (secondary N) is 2. The lowest BCUT2D eigenvalue weighted by molar-refractivity contribution is -0.131. The second-order valence-electron chi connectivity index (χ2n) is 5.53. The number of hydrogen-bond donors (Lipinski definition) is 2. The zero-order valence-electron chi connectivity index (χ0n) is 14.3. The SMILES string of the molecule is CC(=O)Oc1cccc(C(=O)NCCNC(=O)Cc2cccc(Br)c2)c1. The predicted octanol–water partition coefficient (Wildman–Crippen LogP) is 2.46. The van der Waals surface area contributed by atoms with E-state index < -0.39 is 5.97 Å². The molecule has 0 unspecified atom stereocenters. The van der Waals surface area contributed by atoms with E-state index in [0.717, 1.165) is 10.0 Å². The molecule has 2 aromatic carbocycles. The van der Waals surface area contributed by atoms with Crippen LogP contribution in [0.3, 0.4) is 0 Å². The summed E-state index contributed by atoms with van der Waals surface area (Å²) >= 11 is 3.37. The van der Waals surface area contributed by atoms with E-state index in [0.29, 0.717) is 24.4 Å². The van der Waals surface area contributed by atoms with Crippen molar-refractivity contribution in [2.24, 2.45) is 0 Å². The molecule has 0 saturated heterocycles. The van der Waals surface area contributed by atoms with E-state index in [4.69, 9.17) is 4.74 Å². The van der Waals surface area contributed by atoms with Gasteiger partial charge in [0.2, 0.25) is 5.91 Å². The minimum absolute atomic E-state index is 0.116. The molecule has 0 aliphatic rings. The number of hydrogen-bond acceptors (Lipinski definition) is 4. The average molecular weight is 419 g/mol. The number of halogens is 1. The average Bonchev–Trinajstić information content (AvgIpc) is 2.58. The van der Waals surface area contributed by atoms with Crippen molar-refractivity contribution in [1.29, 1.82) is 0 Å². The Bertz CT molecular complexity index is 808. The number of ether oxygens (including phenoxy) is 1. The summed E-state index contributed by atoms with van der Waals surface area (Å²) in [5.74, 6) is -0.558. The molecule has 0 aliphatic heterocycles. The van der Waals surface area contributed by atoms with Gasteiger partial charge >= 0.3 is 5.97 Å². The highest BCUT2D eigenvalue weighted by Crippen LogP contribution is 2.13. The van der Waals surface area contributed by atoms with Crippen LogP contribution in [0.5, 0.6) is 5.75 Å². The van der Waals surface area contributed by atoms with E-state index >= 15 is 0 Å². The van der Waals surface area contributed by atoms with Crippen LogP contribution in [-0.4, -0.2) is 30.9 Å². The normalized spacial score (nSPS) is 10.1. The van der Waals surface area contributed by atoms with Crippen LogP contribution in [0.4, 0.5) is 0 Å². The number of carbonyl (C=O) groups is 3. The number of benzene rings is 2. The Kier molecular flexibility index (Phi) is 7.35. The van der Waals surface area contributed by atoms with E-state index in [1.807, 2.05) is 24.3 Å². The van der Waals surface area contributed by atoms with E-state index in [2.05, 4.69) is 26.6 Å². The topological polar surface area (TPSA) is 84.5 Å². The van der Waals surface area contributed by atoms with Gasteiger partial charge in [0.25, 0.3) is 5.91 Å². The third-order valence-corrected chi connectivity index (χ3v) is 3.84. The Labute approximate surface area is 160 Å². The minimum Gasteiger partial charge on any atom is -0.427 e. The standard InChI is InChI=1S/C19H19BrN2O4/c1-13(23)26-17-7-3-5-15(12-17)19(25)22-9-8-21-18(24)11-14-4-2-6-16(20)10-14/h2-7,10,12H,8-9,11H2,1H3,(H,21,24)(H,22,25). The van der Waals surface area contributed by atoms with E-state index in [1.165, 1.54) is 13.0 Å². The van der Waals surface area contributed by atoms with Crippen molar-refractivity contribution in [3.05, 3.63) is 64.1 Å². The molecule has 26 heavy (non-hydrogen) atoms. The lowest BCUT2D eigenvalue weighted by Gasteiger charge is -2.08. The van der Waals surface area contributed by atoms with Crippen LogP contribution < -0.4 is 15.4 Å². The molecule has 0 aliphatic carbocycles. The highest BCUT2D eigenvalue weighted by molar-refractivity contribution is 9.10. The van der Waals surface area contributed by atoms with Crippen molar-refractivity contribution in [2.45, 2.75) is 13.3 Å². The van der Waals surface area contributed by atoms with Gasteiger partial charge in [0.1, 0.15) is 5.75 Å². The number of amides is 2. The minimum atomic E-state index is -0.448. The van der Waals surface area contributed by atoms with Crippen LogP contribution in [0.15, 0.2) is 53.0 Å². The van der Waals surface area contributed by atoms with Gasteiger partial charge in [-0.05, 0) is 35.9 Å². The zero-order chi connectivity index (χ0) is 18.9. The van der Waals surface area contributed by atoms with Gasteiger partial charge in [-0.3, -0.25) is 14.4 Å². The second-order valence-corrected chi connectivity index (χ2v) is 6.45. The van der Waals surface area contributed by atoms with Crippen molar-refractivity contribution < 1.29 is 19.1 Å². The largest absolute Gasteiger partial charge is 0.427 e. The van der Waals surface area contributed by atoms with Crippen molar-refractivity contribution in [3.63, 3.8) is 0 Å². The van der Waals surface area contributed by atoms with Crippen LogP contribution in [0.1, 0.15) is 22.8 Å². The summed E-state index contributed by atoms with van der Waals surface area (Å²) in [5.41, 5.74) is 1.28. The Morgan fingerprint density at radius 1 is 1.00 bits per heavy atom. The van der Waals surface area contributed by atoms with Gasteiger partial charge in [-0.1, -0.05) is 34.1 Å². The van der Waals surface area contributed by atoms with E-state index in [-0.39, 0.29) is 18.2 Å². The second kappa shape index (κ2) is 9.72. The molecule has 0 heterocycles. The summed E-state index contributed by atoms with van der Waals surface area (Å²) in [6, 6.07) is 13.9. The molecule has 0 fully saturated rings. The Morgan fingerprint density at radius 2 is 1.73 bits per heavy atom. The quantitative estimate of drug-likeness (QED) is 0.410. The fraction of sp³-hybridized carbons (Fsp3) is 0.211. The summed E-state index contributed by atoms with van der Waals surface area (Å²) in [4.78, 5) is 34.9. The van der Waals surface area contributed by atoms with Crippen molar-refractivity contribution >= 4 is 33.7 Å². The smallest absolute Gasteiger partial charge is 0.308 e. The highest BCUT2D eigenvalue weighted by Gasteiger charge is 2.08. The van der Waals surface area contributed by atoms with Crippen LogP contribution in [-0.2, 0) is 16.0 Å². The molecule has 2 N–H and O–H groups in total.